The Morgan fingerprint density at radius 2 is 2.03 bits per heavy atom. The van der Waals surface area contributed by atoms with E-state index in [-0.39, 0.29) is 23.2 Å². The predicted octanol–water partition coefficient (Wildman–Crippen LogP) is 4.74. The van der Waals surface area contributed by atoms with Gasteiger partial charge < -0.3 is 20.5 Å². The summed E-state index contributed by atoms with van der Waals surface area (Å²) in [7, 11) is 0. The molecule has 2 aliphatic rings. The standard InChI is InChI=1S/C27H25N5O3/c1-16-7-8-17-18(4-2-6-21(17)31-24(33)20-14-27(20)10-13-34-15-27)23(16)35-25-19(5-3-11-29-25)22-9-12-30-26(28)32-22/h2-9,11-12,20H,10,13-15H2,1H3,(H,31,33)(H2,28,30,32). The molecule has 8 heteroatoms. The minimum Gasteiger partial charge on any atom is -0.437 e. The number of rotatable bonds is 5. The smallest absolute Gasteiger partial charge is 0.228 e. The summed E-state index contributed by atoms with van der Waals surface area (Å²) in [5.74, 6) is 1.34. The van der Waals surface area contributed by atoms with Gasteiger partial charge in [0.2, 0.25) is 17.7 Å². The summed E-state index contributed by atoms with van der Waals surface area (Å²) in [6.45, 7) is 3.41. The molecular formula is C27H25N5O3. The third-order valence-corrected chi connectivity index (χ3v) is 7.03. The average Bonchev–Trinajstić information content (AvgIpc) is 3.37. The van der Waals surface area contributed by atoms with Crippen LogP contribution in [0, 0.1) is 18.3 Å². The number of nitrogen functional groups attached to an aromatic ring is 1. The Bertz CT molecular complexity index is 1450. The summed E-state index contributed by atoms with van der Waals surface area (Å²) >= 11 is 0. The number of carbonyl (C=O) groups excluding carboxylic acids is 1. The molecule has 0 radical (unpaired) electrons. The highest BCUT2D eigenvalue weighted by Gasteiger charge is 2.59. The number of nitrogens with two attached hydrogens (primary N) is 1. The lowest BCUT2D eigenvalue weighted by atomic mass is 10.0. The lowest BCUT2D eigenvalue weighted by molar-refractivity contribution is -0.118. The van der Waals surface area contributed by atoms with Gasteiger partial charge in [-0.25, -0.2) is 15.0 Å². The third-order valence-electron chi connectivity index (χ3n) is 7.03. The first kappa shape index (κ1) is 21.5. The molecule has 6 rings (SSSR count). The largest absolute Gasteiger partial charge is 0.437 e. The van der Waals surface area contributed by atoms with E-state index >= 15 is 0 Å². The van der Waals surface area contributed by atoms with Gasteiger partial charge in [-0.05, 0) is 49.6 Å². The van der Waals surface area contributed by atoms with E-state index in [9.17, 15) is 4.79 Å². The SMILES string of the molecule is Cc1ccc2c(NC(=O)C3CC34CCOC4)cccc2c1Oc1ncccc1-c1ccnc(N)n1. The first-order valence-electron chi connectivity index (χ1n) is 11.7. The fraction of sp³-hybridized carbons (Fsp3) is 0.259. The monoisotopic (exact) mass is 467 g/mol. The van der Waals surface area contributed by atoms with E-state index in [1.165, 1.54) is 0 Å². The van der Waals surface area contributed by atoms with E-state index in [1.54, 1.807) is 18.5 Å². The van der Waals surface area contributed by atoms with Crippen LogP contribution in [0.2, 0.25) is 0 Å². The second-order valence-electron chi connectivity index (χ2n) is 9.28. The Hall–Kier alpha value is -4.04. The van der Waals surface area contributed by atoms with Crippen LogP contribution in [0.3, 0.4) is 0 Å². The molecule has 2 aromatic carbocycles. The van der Waals surface area contributed by atoms with E-state index in [0.717, 1.165) is 41.5 Å². The Balaban J connectivity index is 1.34. The molecule has 1 aliphatic heterocycles. The molecule has 3 heterocycles. The number of hydrogen-bond donors (Lipinski definition) is 2. The number of ether oxygens (including phenoxy) is 2. The van der Waals surface area contributed by atoms with Crippen LogP contribution in [0.25, 0.3) is 22.0 Å². The Kier molecular flexibility index (Phi) is 5.11. The van der Waals surface area contributed by atoms with Gasteiger partial charge in [0.25, 0.3) is 0 Å². The summed E-state index contributed by atoms with van der Waals surface area (Å²) in [6, 6.07) is 15.3. The zero-order valence-corrected chi connectivity index (χ0v) is 19.3. The second kappa shape index (κ2) is 8.32. The topological polar surface area (TPSA) is 112 Å². The minimum absolute atomic E-state index is 0.0119. The van der Waals surface area contributed by atoms with Crippen LogP contribution in [0.1, 0.15) is 18.4 Å². The number of anilines is 2. The van der Waals surface area contributed by atoms with Crippen LogP contribution in [-0.4, -0.2) is 34.1 Å². The van der Waals surface area contributed by atoms with Crippen LogP contribution in [-0.2, 0) is 9.53 Å². The van der Waals surface area contributed by atoms with Crippen molar-refractivity contribution in [3.8, 4) is 22.9 Å². The van der Waals surface area contributed by atoms with E-state index in [1.807, 2.05) is 49.4 Å². The van der Waals surface area contributed by atoms with Crippen molar-refractivity contribution in [1.82, 2.24) is 15.0 Å². The molecule has 1 aliphatic carbocycles. The summed E-state index contributed by atoms with van der Waals surface area (Å²) in [4.78, 5) is 25.8. The maximum absolute atomic E-state index is 13.0. The molecule has 3 N–H and O–H groups in total. The zero-order valence-electron chi connectivity index (χ0n) is 19.3. The fourth-order valence-electron chi connectivity index (χ4n) is 4.97. The van der Waals surface area contributed by atoms with Crippen molar-refractivity contribution < 1.29 is 14.3 Å². The van der Waals surface area contributed by atoms with Crippen molar-refractivity contribution in [2.24, 2.45) is 11.3 Å². The third kappa shape index (κ3) is 3.85. The highest BCUT2D eigenvalue weighted by Crippen LogP contribution is 2.58. The maximum atomic E-state index is 13.0. The van der Waals surface area contributed by atoms with Crippen molar-refractivity contribution in [3.63, 3.8) is 0 Å². The Morgan fingerprint density at radius 3 is 2.86 bits per heavy atom. The molecule has 2 fully saturated rings. The number of benzene rings is 2. The van der Waals surface area contributed by atoms with Crippen LogP contribution >= 0.6 is 0 Å². The Labute approximate surface area is 202 Å². The van der Waals surface area contributed by atoms with E-state index in [2.05, 4.69) is 20.3 Å². The summed E-state index contributed by atoms with van der Waals surface area (Å²) in [5.41, 5.74) is 8.88. The molecule has 35 heavy (non-hydrogen) atoms. The number of aromatic nitrogens is 3. The number of fused-ring (bicyclic) bond motifs is 1. The van der Waals surface area contributed by atoms with Crippen molar-refractivity contribution in [3.05, 3.63) is 66.5 Å². The van der Waals surface area contributed by atoms with Crippen molar-refractivity contribution in [2.75, 3.05) is 24.3 Å². The van der Waals surface area contributed by atoms with Crippen LogP contribution < -0.4 is 15.8 Å². The molecule has 2 aromatic heterocycles. The zero-order chi connectivity index (χ0) is 24.0. The van der Waals surface area contributed by atoms with Gasteiger partial charge in [-0.3, -0.25) is 4.79 Å². The van der Waals surface area contributed by atoms with E-state index < -0.39 is 0 Å². The summed E-state index contributed by atoms with van der Waals surface area (Å²) < 4.78 is 11.9. The predicted molar refractivity (Wildman–Crippen MR) is 133 cm³/mol. The minimum atomic E-state index is 0.0119. The van der Waals surface area contributed by atoms with Crippen molar-refractivity contribution in [2.45, 2.75) is 19.8 Å². The number of hydrogen-bond acceptors (Lipinski definition) is 7. The van der Waals surface area contributed by atoms with Gasteiger partial charge >= 0.3 is 0 Å². The first-order chi connectivity index (χ1) is 17.0. The van der Waals surface area contributed by atoms with E-state index in [0.29, 0.717) is 29.5 Å². The number of aryl methyl sites for hydroxylation is 1. The summed E-state index contributed by atoms with van der Waals surface area (Å²) in [6.07, 6.45) is 5.14. The van der Waals surface area contributed by atoms with Crippen LogP contribution in [0.5, 0.6) is 11.6 Å². The highest BCUT2D eigenvalue weighted by atomic mass is 16.5. The van der Waals surface area contributed by atoms with Gasteiger partial charge in [-0.1, -0.05) is 24.3 Å². The number of nitrogens with one attached hydrogen (secondary N) is 1. The molecule has 2 unspecified atom stereocenters. The molecule has 0 bridgehead atoms. The van der Waals surface area contributed by atoms with Crippen molar-refractivity contribution >= 4 is 28.3 Å². The van der Waals surface area contributed by atoms with Gasteiger partial charge in [0.05, 0.1) is 17.9 Å². The molecular weight excluding hydrogens is 442 g/mol. The normalized spacial score (nSPS) is 20.8. The second-order valence-corrected chi connectivity index (χ2v) is 9.28. The van der Waals surface area contributed by atoms with Crippen LogP contribution in [0.4, 0.5) is 11.6 Å². The van der Waals surface area contributed by atoms with Gasteiger partial charge in [0, 0.05) is 46.8 Å². The number of amides is 1. The highest BCUT2D eigenvalue weighted by molar-refractivity contribution is 6.05. The fourth-order valence-corrected chi connectivity index (χ4v) is 4.97. The maximum Gasteiger partial charge on any atom is 0.228 e. The van der Waals surface area contributed by atoms with Crippen LogP contribution in [0.15, 0.2) is 60.9 Å². The summed E-state index contributed by atoms with van der Waals surface area (Å²) in [5, 5.41) is 4.95. The van der Waals surface area contributed by atoms with Gasteiger partial charge in [0.1, 0.15) is 5.75 Å². The quantitative estimate of drug-likeness (QED) is 0.436. The molecule has 176 valence electrons. The molecule has 1 spiro atoms. The van der Waals surface area contributed by atoms with Gasteiger partial charge in [-0.2, -0.15) is 0 Å². The van der Waals surface area contributed by atoms with Gasteiger partial charge in [0.15, 0.2) is 0 Å². The first-order valence-corrected chi connectivity index (χ1v) is 11.7. The molecule has 1 amide bonds. The molecule has 2 atom stereocenters. The Morgan fingerprint density at radius 1 is 1.11 bits per heavy atom. The lowest BCUT2D eigenvalue weighted by Crippen LogP contribution is -2.19. The molecule has 1 saturated heterocycles. The molecule has 1 saturated carbocycles. The molecule has 8 nitrogen and oxygen atoms in total. The number of pyridine rings is 1. The number of carbonyl (C=O) groups is 1. The lowest BCUT2D eigenvalue weighted by Gasteiger charge is -2.16. The number of nitrogens with zero attached hydrogens (tertiary/aromatic N) is 3. The van der Waals surface area contributed by atoms with Crippen molar-refractivity contribution in [1.29, 1.82) is 0 Å². The molecule has 4 aromatic rings. The average molecular weight is 468 g/mol. The van der Waals surface area contributed by atoms with Gasteiger partial charge in [-0.15, -0.1) is 0 Å². The van der Waals surface area contributed by atoms with E-state index in [4.69, 9.17) is 15.2 Å².